The third-order valence-corrected chi connectivity index (χ3v) is 5.62. The van der Waals surface area contributed by atoms with Crippen molar-refractivity contribution in [1.29, 1.82) is 0 Å². The molecule has 3 rings (SSSR count). The molecular formula is C21H31N3. The number of anilines is 1. The molecule has 1 aliphatic carbocycles. The molecule has 24 heavy (non-hydrogen) atoms. The van der Waals surface area contributed by atoms with E-state index in [-0.39, 0.29) is 0 Å². The van der Waals surface area contributed by atoms with Crippen molar-refractivity contribution < 1.29 is 0 Å². The van der Waals surface area contributed by atoms with Crippen LogP contribution in [0.4, 0.5) is 5.69 Å². The van der Waals surface area contributed by atoms with Crippen LogP contribution in [-0.4, -0.2) is 16.0 Å². The molecule has 3 heteroatoms. The molecule has 1 aromatic heterocycles. The topological polar surface area (TPSA) is 31.9 Å². The van der Waals surface area contributed by atoms with E-state index in [0.29, 0.717) is 6.04 Å². The highest BCUT2D eigenvalue weighted by Crippen LogP contribution is 2.33. The number of hydrogen-bond acceptors (Lipinski definition) is 2. The van der Waals surface area contributed by atoms with Crippen LogP contribution >= 0.6 is 0 Å². The van der Waals surface area contributed by atoms with Gasteiger partial charge in [0.1, 0.15) is 0 Å². The van der Waals surface area contributed by atoms with Gasteiger partial charge in [-0.1, -0.05) is 51.3 Å². The van der Waals surface area contributed by atoms with Crippen LogP contribution in [0.2, 0.25) is 0 Å². The minimum absolute atomic E-state index is 0.599. The second kappa shape index (κ2) is 8.36. The van der Waals surface area contributed by atoms with E-state index in [1.54, 1.807) is 6.33 Å². The first-order chi connectivity index (χ1) is 11.8. The third kappa shape index (κ3) is 4.00. The maximum Gasteiger partial charge on any atom is 0.0922 e. The molecule has 1 saturated carbocycles. The highest BCUT2D eigenvalue weighted by Gasteiger charge is 2.23. The molecule has 1 aliphatic rings. The first kappa shape index (κ1) is 17.1. The number of aromatic amines is 1. The molecule has 1 unspecified atom stereocenters. The highest BCUT2D eigenvalue weighted by atomic mass is 15.2. The summed E-state index contributed by atoms with van der Waals surface area (Å²) < 4.78 is 0. The van der Waals surface area contributed by atoms with Crippen LogP contribution in [0.1, 0.15) is 63.6 Å². The number of benzene rings is 1. The number of rotatable bonds is 9. The summed E-state index contributed by atoms with van der Waals surface area (Å²) in [5.41, 5.74) is 4.04. The van der Waals surface area contributed by atoms with E-state index >= 15 is 0 Å². The Morgan fingerprint density at radius 2 is 2.08 bits per heavy atom. The third-order valence-electron chi connectivity index (χ3n) is 5.62. The molecule has 0 spiro atoms. The Labute approximate surface area is 146 Å². The molecule has 1 aromatic carbocycles. The van der Waals surface area contributed by atoms with Crippen LogP contribution in [0.5, 0.6) is 0 Å². The Morgan fingerprint density at radius 1 is 1.25 bits per heavy atom. The molecule has 1 N–H and O–H groups in total. The van der Waals surface area contributed by atoms with Crippen molar-refractivity contribution in [2.75, 3.05) is 4.90 Å². The van der Waals surface area contributed by atoms with Crippen LogP contribution in [0.15, 0.2) is 36.8 Å². The zero-order chi connectivity index (χ0) is 16.8. The van der Waals surface area contributed by atoms with Crippen molar-refractivity contribution in [2.24, 2.45) is 5.92 Å². The van der Waals surface area contributed by atoms with E-state index in [4.69, 9.17) is 0 Å². The molecule has 0 radical (unpaired) electrons. The second-order valence-corrected chi connectivity index (χ2v) is 7.12. The van der Waals surface area contributed by atoms with Gasteiger partial charge in [-0.15, -0.1) is 0 Å². The van der Waals surface area contributed by atoms with E-state index in [0.717, 1.165) is 18.9 Å². The Hall–Kier alpha value is -1.77. The Bertz CT molecular complexity index is 601. The summed E-state index contributed by atoms with van der Waals surface area (Å²) in [5.74, 6) is 0.981. The van der Waals surface area contributed by atoms with Crippen molar-refractivity contribution >= 4 is 5.69 Å². The van der Waals surface area contributed by atoms with Gasteiger partial charge in [0, 0.05) is 17.9 Å². The maximum atomic E-state index is 4.21. The van der Waals surface area contributed by atoms with Gasteiger partial charge in [0.25, 0.3) is 0 Å². The predicted octanol–water partition coefficient (Wildman–Crippen LogP) is 5.34. The first-order valence-electron chi connectivity index (χ1n) is 9.63. The van der Waals surface area contributed by atoms with Gasteiger partial charge in [-0.25, -0.2) is 4.98 Å². The minimum atomic E-state index is 0.599. The molecule has 3 nitrogen and oxygen atoms in total. The molecular weight excluding hydrogens is 294 g/mol. The van der Waals surface area contributed by atoms with Crippen molar-refractivity contribution in [2.45, 2.75) is 71.4 Å². The lowest BCUT2D eigenvalue weighted by Gasteiger charge is -2.36. The maximum absolute atomic E-state index is 4.21. The van der Waals surface area contributed by atoms with Gasteiger partial charge in [0.05, 0.1) is 18.6 Å². The summed E-state index contributed by atoms with van der Waals surface area (Å²) >= 11 is 0. The molecule has 130 valence electrons. The first-order valence-corrected chi connectivity index (χ1v) is 9.63. The van der Waals surface area contributed by atoms with Crippen LogP contribution in [-0.2, 0) is 13.0 Å². The van der Waals surface area contributed by atoms with Crippen LogP contribution in [0.25, 0.3) is 0 Å². The number of para-hydroxylation sites is 1. The number of imidazole rings is 1. The van der Waals surface area contributed by atoms with Gasteiger partial charge < -0.3 is 9.88 Å². The fraction of sp³-hybridized carbons (Fsp3) is 0.571. The lowest BCUT2D eigenvalue weighted by molar-refractivity contribution is 0.278. The standard InChI is InChI=1S/C21H31N3/c1-3-18-10-5-6-11-21(18)24(15-19-14-22-16-23-19)20(4-2)13-12-17-8-7-9-17/h5-6,10-11,14,16-17,20H,3-4,7-9,12-13,15H2,1-2H3,(H,22,23). The zero-order valence-electron chi connectivity index (χ0n) is 15.2. The Balaban J connectivity index is 1.81. The number of hydrogen-bond donors (Lipinski definition) is 1. The molecule has 0 bridgehead atoms. The molecule has 0 amide bonds. The fourth-order valence-electron chi connectivity index (χ4n) is 3.85. The van der Waals surface area contributed by atoms with Gasteiger partial charge in [0.15, 0.2) is 0 Å². The summed E-state index contributed by atoms with van der Waals surface area (Å²) in [6, 6.07) is 9.50. The number of nitrogens with zero attached hydrogens (tertiary/aromatic N) is 2. The smallest absolute Gasteiger partial charge is 0.0922 e. The highest BCUT2D eigenvalue weighted by molar-refractivity contribution is 5.54. The minimum Gasteiger partial charge on any atom is -0.362 e. The lowest BCUT2D eigenvalue weighted by atomic mass is 9.81. The number of H-pyrrole nitrogens is 1. The van der Waals surface area contributed by atoms with Gasteiger partial charge >= 0.3 is 0 Å². The summed E-state index contributed by atoms with van der Waals surface area (Å²) in [6.07, 6.45) is 13.0. The predicted molar refractivity (Wildman–Crippen MR) is 101 cm³/mol. The quantitative estimate of drug-likeness (QED) is 0.675. The van der Waals surface area contributed by atoms with Crippen LogP contribution < -0.4 is 4.90 Å². The molecule has 0 aliphatic heterocycles. The number of aryl methyl sites for hydroxylation is 1. The van der Waals surface area contributed by atoms with Gasteiger partial charge in [-0.05, 0) is 43.2 Å². The second-order valence-electron chi connectivity index (χ2n) is 7.12. The van der Waals surface area contributed by atoms with Crippen molar-refractivity contribution in [3.05, 3.63) is 48.0 Å². The van der Waals surface area contributed by atoms with E-state index in [1.165, 1.54) is 55.5 Å². The van der Waals surface area contributed by atoms with Gasteiger partial charge in [-0.3, -0.25) is 0 Å². The van der Waals surface area contributed by atoms with Crippen LogP contribution in [0.3, 0.4) is 0 Å². The molecule has 1 heterocycles. The average molecular weight is 326 g/mol. The van der Waals surface area contributed by atoms with E-state index in [2.05, 4.69) is 53.0 Å². The molecule has 1 atom stereocenters. The molecule has 2 aromatic rings. The number of nitrogens with one attached hydrogen (secondary N) is 1. The number of aromatic nitrogens is 2. The Kier molecular flexibility index (Phi) is 5.95. The Morgan fingerprint density at radius 3 is 2.71 bits per heavy atom. The summed E-state index contributed by atoms with van der Waals surface area (Å²) in [4.78, 5) is 10.1. The van der Waals surface area contributed by atoms with Crippen molar-refractivity contribution in [3.8, 4) is 0 Å². The fourth-order valence-corrected chi connectivity index (χ4v) is 3.85. The summed E-state index contributed by atoms with van der Waals surface area (Å²) in [5, 5.41) is 0. The molecule has 0 saturated heterocycles. The monoisotopic (exact) mass is 325 g/mol. The summed E-state index contributed by atoms with van der Waals surface area (Å²) in [7, 11) is 0. The molecule has 1 fully saturated rings. The van der Waals surface area contributed by atoms with Gasteiger partial charge in [-0.2, -0.15) is 0 Å². The van der Waals surface area contributed by atoms with E-state index in [9.17, 15) is 0 Å². The summed E-state index contributed by atoms with van der Waals surface area (Å²) in [6.45, 7) is 5.50. The largest absolute Gasteiger partial charge is 0.362 e. The van der Waals surface area contributed by atoms with E-state index < -0.39 is 0 Å². The SMILES string of the molecule is CCc1ccccc1N(Cc1cnc[nH]1)C(CC)CCC1CCC1. The lowest BCUT2D eigenvalue weighted by Crippen LogP contribution is -2.36. The van der Waals surface area contributed by atoms with Crippen LogP contribution in [0, 0.1) is 5.92 Å². The average Bonchev–Trinajstić information content (AvgIpc) is 3.08. The zero-order valence-corrected chi connectivity index (χ0v) is 15.2. The van der Waals surface area contributed by atoms with Gasteiger partial charge in [0.2, 0.25) is 0 Å². The van der Waals surface area contributed by atoms with Crippen molar-refractivity contribution in [3.63, 3.8) is 0 Å². The van der Waals surface area contributed by atoms with Crippen molar-refractivity contribution in [1.82, 2.24) is 9.97 Å². The van der Waals surface area contributed by atoms with E-state index in [1.807, 2.05) is 6.20 Å². The normalized spacial score (nSPS) is 15.9.